The van der Waals surface area contributed by atoms with E-state index in [9.17, 15) is 22.0 Å². The van der Waals surface area contributed by atoms with Gasteiger partial charge in [-0.15, -0.1) is 0 Å². The maximum absolute atomic E-state index is 11.8. The molecule has 96 valence electrons. The SMILES string of the molecule is CCCCOC(=O)CS(=O)(=O)CCC(F)F. The number of unbranched alkanes of at least 4 members (excludes halogenated alkanes) is 1. The van der Waals surface area contributed by atoms with Crippen LogP contribution >= 0.6 is 0 Å². The Morgan fingerprint density at radius 2 is 2.00 bits per heavy atom. The van der Waals surface area contributed by atoms with Crippen molar-refractivity contribution in [1.29, 1.82) is 0 Å². The van der Waals surface area contributed by atoms with E-state index in [4.69, 9.17) is 0 Å². The van der Waals surface area contributed by atoms with Gasteiger partial charge in [0.1, 0.15) is 5.75 Å². The molecule has 0 aliphatic heterocycles. The van der Waals surface area contributed by atoms with Crippen LogP contribution in [-0.2, 0) is 19.4 Å². The minimum absolute atomic E-state index is 0.166. The number of hydrogen-bond donors (Lipinski definition) is 0. The van der Waals surface area contributed by atoms with Gasteiger partial charge >= 0.3 is 5.97 Å². The van der Waals surface area contributed by atoms with Gasteiger partial charge in [-0.25, -0.2) is 17.2 Å². The fraction of sp³-hybridized carbons (Fsp3) is 0.889. The lowest BCUT2D eigenvalue weighted by atomic mass is 10.4. The van der Waals surface area contributed by atoms with Crippen molar-refractivity contribution in [2.45, 2.75) is 32.6 Å². The zero-order valence-corrected chi connectivity index (χ0v) is 9.93. The number of sulfone groups is 1. The van der Waals surface area contributed by atoms with Crippen LogP contribution in [-0.4, -0.2) is 38.9 Å². The van der Waals surface area contributed by atoms with Gasteiger partial charge in [0.25, 0.3) is 0 Å². The van der Waals surface area contributed by atoms with Crippen LogP contribution in [0.5, 0.6) is 0 Å². The Balaban J connectivity index is 3.91. The highest BCUT2D eigenvalue weighted by molar-refractivity contribution is 7.92. The Hall–Kier alpha value is -0.720. The first-order valence-electron chi connectivity index (χ1n) is 5.01. The van der Waals surface area contributed by atoms with Gasteiger partial charge in [-0.3, -0.25) is 4.79 Å². The monoisotopic (exact) mass is 258 g/mol. The van der Waals surface area contributed by atoms with Crippen LogP contribution in [0.15, 0.2) is 0 Å². The van der Waals surface area contributed by atoms with Gasteiger partial charge in [-0.05, 0) is 6.42 Å². The van der Waals surface area contributed by atoms with Crippen LogP contribution in [0.2, 0.25) is 0 Å². The molecule has 0 saturated carbocycles. The smallest absolute Gasteiger partial charge is 0.321 e. The van der Waals surface area contributed by atoms with Gasteiger partial charge in [-0.1, -0.05) is 13.3 Å². The van der Waals surface area contributed by atoms with E-state index in [1.807, 2.05) is 6.92 Å². The van der Waals surface area contributed by atoms with Crippen LogP contribution in [0.25, 0.3) is 0 Å². The number of carbonyl (C=O) groups is 1. The summed E-state index contributed by atoms with van der Waals surface area (Å²) in [5.74, 6) is -2.38. The third-order valence-corrected chi connectivity index (χ3v) is 3.28. The summed E-state index contributed by atoms with van der Waals surface area (Å²) in [5.41, 5.74) is 0. The van der Waals surface area contributed by atoms with Crippen molar-refractivity contribution >= 4 is 15.8 Å². The molecule has 0 fully saturated rings. The fourth-order valence-corrected chi connectivity index (χ4v) is 2.02. The van der Waals surface area contributed by atoms with Crippen molar-refractivity contribution in [1.82, 2.24) is 0 Å². The summed E-state index contributed by atoms with van der Waals surface area (Å²) in [6, 6.07) is 0. The Labute approximate surface area is 93.9 Å². The second kappa shape index (κ2) is 7.54. The van der Waals surface area contributed by atoms with Crippen LogP contribution in [0, 0.1) is 0 Å². The molecular weight excluding hydrogens is 242 g/mol. The number of rotatable bonds is 8. The minimum atomic E-state index is -3.77. The minimum Gasteiger partial charge on any atom is -0.465 e. The second-order valence-electron chi connectivity index (χ2n) is 3.35. The summed E-state index contributed by atoms with van der Waals surface area (Å²) < 4.78 is 50.4. The molecule has 0 saturated heterocycles. The lowest BCUT2D eigenvalue weighted by molar-refractivity contribution is -0.140. The number of alkyl halides is 2. The van der Waals surface area contributed by atoms with Crippen LogP contribution in [0.3, 0.4) is 0 Å². The lowest BCUT2D eigenvalue weighted by Crippen LogP contribution is -2.22. The van der Waals surface area contributed by atoms with Crippen molar-refractivity contribution in [2.24, 2.45) is 0 Å². The topological polar surface area (TPSA) is 60.4 Å². The molecule has 0 aromatic rings. The van der Waals surface area contributed by atoms with Crippen LogP contribution < -0.4 is 0 Å². The molecule has 7 heteroatoms. The van der Waals surface area contributed by atoms with E-state index < -0.39 is 40.2 Å². The van der Waals surface area contributed by atoms with Crippen LogP contribution in [0.4, 0.5) is 8.78 Å². The van der Waals surface area contributed by atoms with Crippen molar-refractivity contribution in [3.05, 3.63) is 0 Å². The standard InChI is InChI=1S/C9H16F2O4S/c1-2-3-5-15-9(12)7-16(13,14)6-4-8(10)11/h8H,2-7H2,1H3. The van der Waals surface area contributed by atoms with Gasteiger partial charge in [0.2, 0.25) is 6.43 Å². The molecule has 16 heavy (non-hydrogen) atoms. The molecule has 0 aromatic heterocycles. The van der Waals surface area contributed by atoms with E-state index in [-0.39, 0.29) is 6.61 Å². The highest BCUT2D eigenvalue weighted by atomic mass is 32.2. The van der Waals surface area contributed by atoms with Gasteiger partial charge in [-0.2, -0.15) is 0 Å². The third kappa shape index (κ3) is 8.58. The van der Waals surface area contributed by atoms with E-state index >= 15 is 0 Å². The summed E-state index contributed by atoms with van der Waals surface area (Å²) in [4.78, 5) is 11.0. The van der Waals surface area contributed by atoms with Gasteiger partial charge in [0.15, 0.2) is 9.84 Å². The van der Waals surface area contributed by atoms with Crippen molar-refractivity contribution < 1.29 is 26.7 Å². The highest BCUT2D eigenvalue weighted by Crippen LogP contribution is 2.03. The zero-order chi connectivity index (χ0) is 12.6. The summed E-state index contributed by atoms with van der Waals surface area (Å²) in [6.07, 6.45) is -1.94. The predicted molar refractivity (Wildman–Crippen MR) is 55.1 cm³/mol. The molecule has 0 heterocycles. The summed E-state index contributed by atoms with van der Waals surface area (Å²) in [5, 5.41) is 0. The maximum atomic E-state index is 11.8. The number of hydrogen-bond acceptors (Lipinski definition) is 4. The van der Waals surface area contributed by atoms with Crippen molar-refractivity contribution in [3.63, 3.8) is 0 Å². The average Bonchev–Trinajstić information content (AvgIpc) is 2.15. The van der Waals surface area contributed by atoms with E-state index in [2.05, 4.69) is 4.74 Å². The quantitative estimate of drug-likeness (QED) is 0.487. The average molecular weight is 258 g/mol. The van der Waals surface area contributed by atoms with Crippen molar-refractivity contribution in [3.8, 4) is 0 Å². The van der Waals surface area contributed by atoms with Gasteiger partial charge in [0.05, 0.1) is 12.4 Å². The lowest BCUT2D eigenvalue weighted by Gasteiger charge is -2.05. The number of carbonyl (C=O) groups excluding carboxylic acids is 1. The molecular formula is C9H16F2O4S. The predicted octanol–water partition coefficient (Wildman–Crippen LogP) is 1.40. The first kappa shape index (κ1) is 15.3. The number of halogens is 2. The zero-order valence-electron chi connectivity index (χ0n) is 9.12. The number of esters is 1. The molecule has 0 spiro atoms. The summed E-state index contributed by atoms with van der Waals surface area (Å²) >= 11 is 0. The van der Waals surface area contributed by atoms with Crippen LogP contribution in [0.1, 0.15) is 26.2 Å². The molecule has 4 nitrogen and oxygen atoms in total. The number of ether oxygens (including phenoxy) is 1. The van der Waals surface area contributed by atoms with E-state index in [0.717, 1.165) is 6.42 Å². The Bertz CT molecular complexity index is 301. The molecule has 0 aliphatic rings. The Morgan fingerprint density at radius 3 is 2.50 bits per heavy atom. The second-order valence-corrected chi connectivity index (χ2v) is 5.53. The highest BCUT2D eigenvalue weighted by Gasteiger charge is 2.19. The molecule has 0 bridgehead atoms. The van der Waals surface area contributed by atoms with E-state index in [1.165, 1.54) is 0 Å². The molecule has 0 atom stereocenters. The van der Waals surface area contributed by atoms with Gasteiger partial charge in [0, 0.05) is 6.42 Å². The molecule has 0 N–H and O–H groups in total. The van der Waals surface area contributed by atoms with E-state index in [1.54, 1.807) is 0 Å². The normalized spacial score (nSPS) is 11.8. The first-order valence-corrected chi connectivity index (χ1v) is 6.83. The first-order chi connectivity index (χ1) is 7.37. The molecule has 0 radical (unpaired) electrons. The third-order valence-electron chi connectivity index (χ3n) is 1.75. The maximum Gasteiger partial charge on any atom is 0.321 e. The summed E-state index contributed by atoms with van der Waals surface area (Å²) in [6.45, 7) is 2.06. The molecule has 0 unspecified atom stereocenters. The molecule has 0 aromatic carbocycles. The van der Waals surface area contributed by atoms with E-state index in [0.29, 0.717) is 6.42 Å². The molecule has 0 rings (SSSR count). The van der Waals surface area contributed by atoms with Crippen molar-refractivity contribution in [2.75, 3.05) is 18.1 Å². The molecule has 0 aliphatic carbocycles. The fourth-order valence-electron chi connectivity index (χ4n) is 0.892. The Morgan fingerprint density at radius 1 is 1.38 bits per heavy atom. The summed E-state index contributed by atoms with van der Waals surface area (Å²) in [7, 11) is -3.77. The molecule has 0 amide bonds. The Kier molecular flexibility index (Phi) is 7.20. The largest absolute Gasteiger partial charge is 0.465 e. The van der Waals surface area contributed by atoms with Gasteiger partial charge < -0.3 is 4.74 Å².